The molecule has 0 radical (unpaired) electrons. The van der Waals surface area contributed by atoms with Crippen molar-refractivity contribution in [3.05, 3.63) is 30.3 Å². The molecule has 78 valence electrons. The average molecular weight is 210 g/mol. The zero-order valence-electron chi connectivity index (χ0n) is 8.90. The molecule has 0 aliphatic rings. The quantitative estimate of drug-likeness (QED) is 0.524. The van der Waals surface area contributed by atoms with Crippen LogP contribution >= 0.6 is 11.8 Å². The third-order valence-electron chi connectivity index (χ3n) is 2.17. The summed E-state index contributed by atoms with van der Waals surface area (Å²) in [6.45, 7) is 2.12. The highest BCUT2D eigenvalue weighted by Crippen LogP contribution is 2.18. The summed E-state index contributed by atoms with van der Waals surface area (Å²) in [6.07, 6.45) is 2.76. The molecular formula is C12H18OS. The lowest BCUT2D eigenvalue weighted by molar-refractivity contribution is 0.110. The van der Waals surface area contributed by atoms with E-state index in [1.807, 2.05) is 11.8 Å². The molecule has 0 saturated heterocycles. The molecule has 0 spiro atoms. The van der Waals surface area contributed by atoms with Gasteiger partial charge in [-0.1, -0.05) is 18.2 Å². The van der Waals surface area contributed by atoms with E-state index in [0.29, 0.717) is 6.10 Å². The molecule has 1 nitrogen and oxygen atoms in total. The van der Waals surface area contributed by atoms with E-state index >= 15 is 0 Å². The fourth-order valence-electron chi connectivity index (χ4n) is 1.20. The summed E-state index contributed by atoms with van der Waals surface area (Å²) in [5.41, 5.74) is 0. The van der Waals surface area contributed by atoms with Crippen molar-refractivity contribution in [3.63, 3.8) is 0 Å². The third-order valence-corrected chi connectivity index (χ3v) is 3.27. The number of hydrogen-bond acceptors (Lipinski definition) is 2. The van der Waals surface area contributed by atoms with E-state index in [0.717, 1.165) is 6.42 Å². The van der Waals surface area contributed by atoms with E-state index in [9.17, 15) is 0 Å². The molecule has 1 unspecified atom stereocenters. The van der Waals surface area contributed by atoms with Crippen LogP contribution in [-0.2, 0) is 4.74 Å². The number of benzene rings is 1. The summed E-state index contributed by atoms with van der Waals surface area (Å²) in [6, 6.07) is 10.5. The van der Waals surface area contributed by atoms with Crippen LogP contribution in [0.1, 0.15) is 19.8 Å². The Labute approximate surface area is 90.9 Å². The summed E-state index contributed by atoms with van der Waals surface area (Å²) in [7, 11) is 1.77. The summed E-state index contributed by atoms with van der Waals surface area (Å²) in [5.74, 6) is 1.18. The maximum Gasteiger partial charge on any atom is 0.0543 e. The first-order chi connectivity index (χ1) is 6.83. The minimum Gasteiger partial charge on any atom is -0.382 e. The van der Waals surface area contributed by atoms with Crippen LogP contribution in [0.5, 0.6) is 0 Å². The molecule has 0 heterocycles. The van der Waals surface area contributed by atoms with Gasteiger partial charge in [-0.25, -0.2) is 0 Å². The predicted molar refractivity (Wildman–Crippen MR) is 62.9 cm³/mol. The van der Waals surface area contributed by atoms with Crippen molar-refractivity contribution in [2.75, 3.05) is 12.9 Å². The van der Waals surface area contributed by atoms with Crippen molar-refractivity contribution >= 4 is 11.8 Å². The monoisotopic (exact) mass is 210 g/mol. The van der Waals surface area contributed by atoms with Crippen LogP contribution in [0.25, 0.3) is 0 Å². The van der Waals surface area contributed by atoms with Crippen molar-refractivity contribution in [2.45, 2.75) is 30.8 Å². The standard InChI is InChI=1S/C12H18OS/c1-11(13-2)7-6-10-14-12-8-4-3-5-9-12/h3-5,8-9,11H,6-7,10H2,1-2H3. The van der Waals surface area contributed by atoms with Gasteiger partial charge in [-0.05, 0) is 37.7 Å². The first kappa shape index (κ1) is 11.6. The number of methoxy groups -OCH3 is 1. The highest BCUT2D eigenvalue weighted by atomic mass is 32.2. The Balaban J connectivity index is 2.10. The van der Waals surface area contributed by atoms with Crippen LogP contribution in [0.4, 0.5) is 0 Å². The Morgan fingerprint density at radius 1 is 1.29 bits per heavy atom. The van der Waals surface area contributed by atoms with Crippen LogP contribution in [0.3, 0.4) is 0 Å². The van der Waals surface area contributed by atoms with E-state index in [4.69, 9.17) is 4.74 Å². The Morgan fingerprint density at radius 3 is 2.64 bits per heavy atom. The molecule has 0 fully saturated rings. The van der Waals surface area contributed by atoms with Crippen molar-refractivity contribution in [3.8, 4) is 0 Å². The van der Waals surface area contributed by atoms with Gasteiger partial charge in [0.2, 0.25) is 0 Å². The maximum absolute atomic E-state index is 5.19. The Kier molecular flexibility index (Phi) is 5.72. The molecule has 2 heteroatoms. The largest absolute Gasteiger partial charge is 0.382 e. The lowest BCUT2D eigenvalue weighted by Gasteiger charge is -2.08. The molecule has 1 rings (SSSR count). The summed E-state index contributed by atoms with van der Waals surface area (Å²) in [4.78, 5) is 1.36. The SMILES string of the molecule is COC(C)CCCSc1ccccc1. The zero-order valence-corrected chi connectivity index (χ0v) is 9.72. The molecule has 1 aromatic carbocycles. The Bertz CT molecular complexity index is 235. The smallest absolute Gasteiger partial charge is 0.0543 e. The number of ether oxygens (including phenoxy) is 1. The van der Waals surface area contributed by atoms with Crippen molar-refractivity contribution in [2.24, 2.45) is 0 Å². The van der Waals surface area contributed by atoms with E-state index in [1.165, 1.54) is 17.1 Å². The molecule has 0 aliphatic carbocycles. The molecular weight excluding hydrogens is 192 g/mol. The second-order valence-electron chi connectivity index (χ2n) is 3.35. The van der Waals surface area contributed by atoms with Crippen molar-refractivity contribution < 1.29 is 4.74 Å². The van der Waals surface area contributed by atoms with Gasteiger partial charge in [0, 0.05) is 12.0 Å². The van der Waals surface area contributed by atoms with Gasteiger partial charge in [-0.3, -0.25) is 0 Å². The van der Waals surface area contributed by atoms with Crippen molar-refractivity contribution in [1.29, 1.82) is 0 Å². The highest BCUT2D eigenvalue weighted by molar-refractivity contribution is 7.99. The van der Waals surface area contributed by atoms with Crippen LogP contribution in [0, 0.1) is 0 Å². The fourth-order valence-corrected chi connectivity index (χ4v) is 2.09. The molecule has 1 aromatic rings. The molecule has 0 aromatic heterocycles. The molecule has 0 saturated carbocycles. The lowest BCUT2D eigenvalue weighted by atomic mass is 10.2. The normalized spacial score (nSPS) is 12.7. The summed E-state index contributed by atoms with van der Waals surface area (Å²) in [5, 5.41) is 0. The van der Waals surface area contributed by atoms with Gasteiger partial charge in [0.05, 0.1) is 6.10 Å². The van der Waals surface area contributed by atoms with Gasteiger partial charge in [-0.15, -0.1) is 11.8 Å². The molecule has 0 bridgehead atoms. The minimum absolute atomic E-state index is 0.395. The van der Waals surface area contributed by atoms with Gasteiger partial charge in [0.1, 0.15) is 0 Å². The second-order valence-corrected chi connectivity index (χ2v) is 4.52. The summed E-state index contributed by atoms with van der Waals surface area (Å²) >= 11 is 1.92. The molecule has 1 atom stereocenters. The van der Waals surface area contributed by atoms with Gasteiger partial charge in [0.15, 0.2) is 0 Å². The van der Waals surface area contributed by atoms with Gasteiger partial charge >= 0.3 is 0 Å². The minimum atomic E-state index is 0.395. The predicted octanol–water partition coefficient (Wildman–Crippen LogP) is 3.59. The molecule has 14 heavy (non-hydrogen) atoms. The first-order valence-corrected chi connectivity index (χ1v) is 6.02. The highest BCUT2D eigenvalue weighted by Gasteiger charge is 1.98. The van der Waals surface area contributed by atoms with Crippen molar-refractivity contribution in [1.82, 2.24) is 0 Å². The second kappa shape index (κ2) is 6.91. The lowest BCUT2D eigenvalue weighted by Crippen LogP contribution is -2.04. The van der Waals surface area contributed by atoms with Gasteiger partial charge in [-0.2, -0.15) is 0 Å². The molecule has 0 aliphatic heterocycles. The molecule has 0 N–H and O–H groups in total. The van der Waals surface area contributed by atoms with Gasteiger partial charge < -0.3 is 4.74 Å². The van der Waals surface area contributed by atoms with Gasteiger partial charge in [0.25, 0.3) is 0 Å². The van der Waals surface area contributed by atoms with Crippen LogP contribution in [0.15, 0.2) is 35.2 Å². The molecule has 0 amide bonds. The van der Waals surface area contributed by atoms with E-state index in [-0.39, 0.29) is 0 Å². The fraction of sp³-hybridized carbons (Fsp3) is 0.500. The first-order valence-electron chi connectivity index (χ1n) is 5.03. The topological polar surface area (TPSA) is 9.23 Å². The Hall–Kier alpha value is -0.470. The van der Waals surface area contributed by atoms with Crippen LogP contribution in [0.2, 0.25) is 0 Å². The zero-order chi connectivity index (χ0) is 10.2. The van der Waals surface area contributed by atoms with E-state index in [2.05, 4.69) is 37.3 Å². The van der Waals surface area contributed by atoms with Crippen LogP contribution < -0.4 is 0 Å². The number of rotatable bonds is 6. The van der Waals surface area contributed by atoms with Crippen LogP contribution in [-0.4, -0.2) is 19.0 Å². The third kappa shape index (κ3) is 4.68. The number of thioether (sulfide) groups is 1. The van der Waals surface area contributed by atoms with E-state index in [1.54, 1.807) is 7.11 Å². The maximum atomic E-state index is 5.19. The summed E-state index contributed by atoms with van der Waals surface area (Å²) < 4.78 is 5.19. The number of hydrogen-bond donors (Lipinski definition) is 0. The Morgan fingerprint density at radius 2 is 2.00 bits per heavy atom. The average Bonchev–Trinajstić information content (AvgIpc) is 2.25. The van der Waals surface area contributed by atoms with E-state index < -0.39 is 0 Å².